The van der Waals surface area contributed by atoms with Crippen molar-refractivity contribution >= 4 is 43.2 Å². The fraction of sp³-hybridized carbons (Fsp3) is 0.200. The molecule has 10 heteroatoms. The van der Waals surface area contributed by atoms with Crippen LogP contribution in [0.2, 0.25) is 0 Å². The summed E-state index contributed by atoms with van der Waals surface area (Å²) in [7, 11) is 0. The molecular weight excluding hydrogens is 425 g/mol. The van der Waals surface area contributed by atoms with E-state index in [4.69, 9.17) is 5.84 Å². The van der Waals surface area contributed by atoms with E-state index in [1.807, 2.05) is 0 Å². The minimum absolute atomic E-state index is 0.329. The number of nitrogens with two attached hydrogens (primary N) is 1. The van der Waals surface area contributed by atoms with Gasteiger partial charge in [-0.25, -0.2) is 10.4 Å². The summed E-state index contributed by atoms with van der Waals surface area (Å²) < 4.78 is 39.1. The molecule has 2 heterocycles. The van der Waals surface area contributed by atoms with Crippen LogP contribution in [-0.2, 0) is 6.18 Å². The van der Waals surface area contributed by atoms with Gasteiger partial charge in [0.05, 0.1) is 5.69 Å². The molecule has 3 N–H and O–H groups in total. The predicted octanol–water partition coefficient (Wildman–Crippen LogP) is 3.63. The van der Waals surface area contributed by atoms with Crippen LogP contribution in [0.15, 0.2) is 27.4 Å². The van der Waals surface area contributed by atoms with Gasteiger partial charge in [0.2, 0.25) is 0 Å². The number of nitrogens with one attached hydrogen (secondary N) is 1. The van der Waals surface area contributed by atoms with Crippen molar-refractivity contribution in [1.29, 1.82) is 0 Å². The summed E-state index contributed by atoms with van der Waals surface area (Å²) in [6.45, 7) is 0. The summed E-state index contributed by atoms with van der Waals surface area (Å²) in [6.07, 6.45) is -1.78. The van der Waals surface area contributed by atoms with Crippen LogP contribution in [0.4, 0.5) is 13.2 Å². The molecule has 108 valence electrons. The molecule has 0 spiro atoms. The molecule has 0 aromatic carbocycles. The fourth-order valence-corrected chi connectivity index (χ4v) is 3.55. The van der Waals surface area contributed by atoms with E-state index in [1.165, 1.54) is 6.20 Å². The molecule has 0 saturated heterocycles. The van der Waals surface area contributed by atoms with Crippen LogP contribution in [0.25, 0.3) is 0 Å². The minimum atomic E-state index is -4.47. The molecule has 2 aromatic heterocycles. The second-order valence-electron chi connectivity index (χ2n) is 3.69. The van der Waals surface area contributed by atoms with Crippen LogP contribution in [0, 0.1) is 0 Å². The third-order valence-corrected chi connectivity index (χ3v) is 4.50. The molecule has 4 nitrogen and oxygen atoms in total. The van der Waals surface area contributed by atoms with Crippen molar-refractivity contribution in [2.24, 2.45) is 5.84 Å². The second-order valence-corrected chi connectivity index (χ2v) is 6.52. The molecule has 0 amide bonds. The number of hydrogen-bond acceptors (Lipinski definition) is 5. The number of hydrogen-bond donors (Lipinski definition) is 2. The first-order chi connectivity index (χ1) is 9.32. The van der Waals surface area contributed by atoms with Gasteiger partial charge in [0.1, 0.15) is 6.04 Å². The smallest absolute Gasteiger partial charge is 0.270 e. The van der Waals surface area contributed by atoms with Gasteiger partial charge in [0.25, 0.3) is 0 Å². The van der Waals surface area contributed by atoms with Gasteiger partial charge < -0.3 is 0 Å². The highest BCUT2D eigenvalue weighted by Crippen LogP contribution is 2.36. The van der Waals surface area contributed by atoms with Crippen molar-refractivity contribution < 1.29 is 13.2 Å². The Balaban J connectivity index is 2.40. The lowest BCUT2D eigenvalue weighted by molar-refractivity contribution is -0.137. The van der Waals surface area contributed by atoms with Gasteiger partial charge in [-0.3, -0.25) is 10.8 Å². The van der Waals surface area contributed by atoms with Crippen molar-refractivity contribution in [2.75, 3.05) is 0 Å². The van der Waals surface area contributed by atoms with E-state index in [0.717, 1.165) is 10.7 Å². The summed E-state index contributed by atoms with van der Waals surface area (Å²) in [5, 5.41) is -0.916. The van der Waals surface area contributed by atoms with Gasteiger partial charge in [-0.1, -0.05) is 0 Å². The minimum Gasteiger partial charge on any atom is -0.270 e. The van der Waals surface area contributed by atoms with Crippen LogP contribution < -0.4 is 11.3 Å². The van der Waals surface area contributed by atoms with Gasteiger partial charge in [0.15, 0.2) is 5.01 Å². The molecule has 1 unspecified atom stereocenters. The lowest BCUT2D eigenvalue weighted by atomic mass is 10.2. The molecule has 0 saturated carbocycles. The Bertz CT molecular complexity index is 617. The molecule has 2 aromatic rings. The highest BCUT2D eigenvalue weighted by atomic mass is 79.9. The van der Waals surface area contributed by atoms with Crippen molar-refractivity contribution in [3.05, 3.63) is 43.0 Å². The van der Waals surface area contributed by atoms with E-state index >= 15 is 0 Å². The maximum atomic E-state index is 12.6. The van der Waals surface area contributed by atoms with Crippen LogP contribution in [0.3, 0.4) is 0 Å². The van der Waals surface area contributed by atoms with E-state index in [9.17, 15) is 13.2 Å². The van der Waals surface area contributed by atoms with E-state index in [-0.39, 0.29) is 0 Å². The van der Waals surface area contributed by atoms with E-state index in [0.29, 0.717) is 26.4 Å². The van der Waals surface area contributed by atoms with Crippen LogP contribution in [0.1, 0.15) is 21.6 Å². The number of nitrogens with zero attached hydrogens (tertiary/aromatic N) is 2. The van der Waals surface area contributed by atoms with Crippen molar-refractivity contribution in [3.63, 3.8) is 0 Å². The number of hydrazine groups is 1. The Kier molecular flexibility index (Phi) is 4.80. The molecule has 20 heavy (non-hydrogen) atoms. The summed E-state index contributed by atoms with van der Waals surface area (Å²) in [5.41, 5.74) is 2.93. The van der Waals surface area contributed by atoms with Gasteiger partial charge in [-0.2, -0.15) is 13.2 Å². The maximum absolute atomic E-state index is 12.6. The molecule has 0 fully saturated rings. The molecule has 1 atom stereocenters. The summed E-state index contributed by atoms with van der Waals surface area (Å²) >= 11 is 7.09. The highest BCUT2D eigenvalue weighted by molar-refractivity contribution is 9.11. The maximum Gasteiger partial charge on any atom is 0.443 e. The van der Waals surface area contributed by atoms with E-state index in [1.54, 1.807) is 6.07 Å². The Labute approximate surface area is 132 Å². The lowest BCUT2D eigenvalue weighted by Gasteiger charge is -2.14. The summed E-state index contributed by atoms with van der Waals surface area (Å²) in [4.78, 5) is 7.86. The molecule has 0 aliphatic heterocycles. The van der Waals surface area contributed by atoms with Crippen LogP contribution >= 0.6 is 43.2 Å². The van der Waals surface area contributed by atoms with Crippen LogP contribution in [0.5, 0.6) is 0 Å². The SMILES string of the molecule is NNC(c1cnc(C(F)(F)F)s1)c1ncc(Br)cc1Br. The molecular formula is C10H7Br2F3N4S. The average molecular weight is 432 g/mol. The first-order valence-corrected chi connectivity index (χ1v) is 7.53. The monoisotopic (exact) mass is 430 g/mol. The topological polar surface area (TPSA) is 63.8 Å². The summed E-state index contributed by atoms with van der Waals surface area (Å²) in [5.74, 6) is 5.44. The van der Waals surface area contributed by atoms with Crippen molar-refractivity contribution in [2.45, 2.75) is 12.2 Å². The van der Waals surface area contributed by atoms with Crippen LogP contribution in [-0.4, -0.2) is 9.97 Å². The Hall–Kier alpha value is -0.550. The third-order valence-electron chi connectivity index (χ3n) is 2.33. The average Bonchev–Trinajstić information content (AvgIpc) is 2.82. The second kappa shape index (κ2) is 6.06. The number of aromatic nitrogens is 2. The zero-order valence-corrected chi connectivity index (χ0v) is 13.6. The first kappa shape index (κ1) is 15.8. The molecule has 0 bridgehead atoms. The van der Waals surface area contributed by atoms with Crippen molar-refractivity contribution in [3.8, 4) is 0 Å². The summed E-state index contributed by atoms with van der Waals surface area (Å²) in [6, 6.07) is 1.06. The molecule has 2 rings (SSSR count). The molecule has 0 aliphatic rings. The standard InChI is InChI=1S/C10H7Br2F3N4S/c11-4-1-5(12)7(17-2-4)8(19-16)6-3-18-9(20-6)10(13,14)15/h1-3,8,19H,16H2. The fourth-order valence-electron chi connectivity index (χ4n) is 1.48. The highest BCUT2D eigenvalue weighted by Gasteiger charge is 2.35. The third kappa shape index (κ3) is 3.37. The number of rotatable bonds is 3. The Morgan fingerprint density at radius 2 is 1.95 bits per heavy atom. The van der Waals surface area contributed by atoms with Gasteiger partial charge in [-0.05, 0) is 37.9 Å². The number of halogens is 5. The lowest BCUT2D eigenvalue weighted by Crippen LogP contribution is -2.29. The Morgan fingerprint density at radius 1 is 1.25 bits per heavy atom. The molecule has 0 aliphatic carbocycles. The Morgan fingerprint density at radius 3 is 2.45 bits per heavy atom. The number of thiazole rings is 1. The van der Waals surface area contributed by atoms with Gasteiger partial charge in [0, 0.05) is 26.2 Å². The normalized spacial score (nSPS) is 13.5. The zero-order chi connectivity index (χ0) is 14.9. The van der Waals surface area contributed by atoms with Gasteiger partial charge in [-0.15, -0.1) is 11.3 Å². The molecule has 0 radical (unpaired) electrons. The number of pyridine rings is 1. The van der Waals surface area contributed by atoms with Crippen molar-refractivity contribution in [1.82, 2.24) is 15.4 Å². The number of alkyl halides is 3. The predicted molar refractivity (Wildman–Crippen MR) is 75.9 cm³/mol. The van der Waals surface area contributed by atoms with E-state index in [2.05, 4.69) is 47.3 Å². The largest absolute Gasteiger partial charge is 0.443 e. The zero-order valence-electron chi connectivity index (χ0n) is 9.58. The first-order valence-electron chi connectivity index (χ1n) is 5.13. The quantitative estimate of drug-likeness (QED) is 0.575. The van der Waals surface area contributed by atoms with E-state index < -0.39 is 17.2 Å². The van der Waals surface area contributed by atoms with Gasteiger partial charge >= 0.3 is 6.18 Å².